The van der Waals surface area contributed by atoms with Crippen LogP contribution in [0.4, 0.5) is 8.78 Å². The van der Waals surface area contributed by atoms with E-state index in [0.29, 0.717) is 24.9 Å². The van der Waals surface area contributed by atoms with Crippen molar-refractivity contribution >= 4 is 5.91 Å². The fourth-order valence-corrected chi connectivity index (χ4v) is 1.99. The molecule has 112 valence electrons. The van der Waals surface area contributed by atoms with E-state index in [1.807, 2.05) is 20.8 Å². The van der Waals surface area contributed by atoms with Gasteiger partial charge in [-0.15, -0.1) is 0 Å². The van der Waals surface area contributed by atoms with E-state index in [1.165, 1.54) is 12.1 Å². The fourth-order valence-electron chi connectivity index (χ4n) is 1.99. The molecule has 1 aromatic rings. The average Bonchev–Trinajstić information content (AvgIpc) is 2.33. The summed E-state index contributed by atoms with van der Waals surface area (Å²) < 4.78 is 26.9. The minimum atomic E-state index is -0.649. The van der Waals surface area contributed by atoms with Gasteiger partial charge in [-0.2, -0.15) is 0 Å². The number of benzene rings is 1. The van der Waals surface area contributed by atoms with Crippen LogP contribution in [0.3, 0.4) is 0 Å². The Bertz CT molecular complexity index is 469. The minimum Gasteiger partial charge on any atom is -0.349 e. The monoisotopic (exact) mass is 284 g/mol. The van der Waals surface area contributed by atoms with Gasteiger partial charge in [0.05, 0.1) is 6.04 Å². The second-order valence-electron chi connectivity index (χ2n) is 5.92. The van der Waals surface area contributed by atoms with E-state index in [1.54, 1.807) is 0 Å². The van der Waals surface area contributed by atoms with Gasteiger partial charge >= 0.3 is 0 Å². The smallest absolute Gasteiger partial charge is 0.220 e. The second-order valence-corrected chi connectivity index (χ2v) is 5.92. The average molecular weight is 284 g/mol. The van der Waals surface area contributed by atoms with E-state index < -0.39 is 23.1 Å². The highest BCUT2D eigenvalue weighted by Crippen LogP contribution is 2.34. The first-order valence-electron chi connectivity index (χ1n) is 6.70. The molecule has 1 unspecified atom stereocenters. The van der Waals surface area contributed by atoms with E-state index in [4.69, 9.17) is 5.73 Å². The van der Waals surface area contributed by atoms with Gasteiger partial charge < -0.3 is 11.1 Å². The summed E-state index contributed by atoms with van der Waals surface area (Å²) >= 11 is 0. The maximum absolute atomic E-state index is 13.9. The van der Waals surface area contributed by atoms with Crippen molar-refractivity contribution < 1.29 is 13.6 Å². The van der Waals surface area contributed by atoms with Crippen LogP contribution in [-0.2, 0) is 4.79 Å². The van der Waals surface area contributed by atoms with Gasteiger partial charge in [-0.05, 0) is 24.4 Å². The molecule has 0 radical (unpaired) electrons. The van der Waals surface area contributed by atoms with Crippen molar-refractivity contribution in [1.29, 1.82) is 0 Å². The normalized spacial score (nSPS) is 13.1. The number of nitrogens with one attached hydrogen (secondary N) is 1. The van der Waals surface area contributed by atoms with E-state index in [-0.39, 0.29) is 5.91 Å². The highest BCUT2D eigenvalue weighted by molar-refractivity contribution is 5.76. The molecule has 0 fully saturated rings. The summed E-state index contributed by atoms with van der Waals surface area (Å²) in [7, 11) is 0. The highest BCUT2D eigenvalue weighted by atomic mass is 19.1. The Kier molecular flexibility index (Phi) is 5.62. The number of nitrogens with two attached hydrogens (primary N) is 1. The van der Waals surface area contributed by atoms with Crippen LogP contribution in [-0.4, -0.2) is 12.5 Å². The number of hydrogen-bond acceptors (Lipinski definition) is 2. The number of hydrogen-bond donors (Lipinski definition) is 2. The Morgan fingerprint density at radius 1 is 1.35 bits per heavy atom. The van der Waals surface area contributed by atoms with Gasteiger partial charge in [-0.1, -0.05) is 26.8 Å². The Balaban J connectivity index is 2.98. The fraction of sp³-hybridized carbons (Fsp3) is 0.533. The van der Waals surface area contributed by atoms with Crippen molar-refractivity contribution in [1.82, 2.24) is 5.32 Å². The molecule has 3 nitrogen and oxygen atoms in total. The van der Waals surface area contributed by atoms with Crippen LogP contribution in [0.25, 0.3) is 0 Å². The molecule has 0 aliphatic carbocycles. The molecule has 0 saturated carbocycles. The SMILES string of the molecule is CC(C)(C)C(NC(=O)CCCN)c1ccc(F)cc1F. The Labute approximate surface area is 118 Å². The molecule has 1 amide bonds. The lowest BCUT2D eigenvalue weighted by atomic mass is 9.82. The van der Waals surface area contributed by atoms with E-state index >= 15 is 0 Å². The lowest BCUT2D eigenvalue weighted by Gasteiger charge is -2.32. The maximum atomic E-state index is 13.9. The summed E-state index contributed by atoms with van der Waals surface area (Å²) in [5.74, 6) is -1.46. The van der Waals surface area contributed by atoms with Gasteiger partial charge in [-0.25, -0.2) is 8.78 Å². The first-order chi connectivity index (χ1) is 9.25. The summed E-state index contributed by atoms with van der Waals surface area (Å²) in [6.45, 7) is 6.11. The number of rotatable bonds is 5. The predicted octanol–water partition coefficient (Wildman–Crippen LogP) is 2.91. The summed E-state index contributed by atoms with van der Waals surface area (Å²) in [4.78, 5) is 11.8. The topological polar surface area (TPSA) is 55.1 Å². The molecule has 1 atom stereocenters. The van der Waals surface area contributed by atoms with Crippen LogP contribution in [0.2, 0.25) is 0 Å². The van der Waals surface area contributed by atoms with Gasteiger partial charge in [0.15, 0.2) is 0 Å². The minimum absolute atomic E-state index is 0.181. The third-order valence-electron chi connectivity index (χ3n) is 3.05. The molecule has 0 aromatic heterocycles. The third-order valence-corrected chi connectivity index (χ3v) is 3.05. The first kappa shape index (κ1) is 16.6. The quantitative estimate of drug-likeness (QED) is 0.873. The zero-order valence-corrected chi connectivity index (χ0v) is 12.2. The van der Waals surface area contributed by atoms with Gasteiger partial charge in [0.1, 0.15) is 11.6 Å². The number of amides is 1. The van der Waals surface area contributed by atoms with Gasteiger partial charge in [-0.3, -0.25) is 4.79 Å². The number of halogens is 2. The van der Waals surface area contributed by atoms with Crippen LogP contribution in [0, 0.1) is 17.0 Å². The van der Waals surface area contributed by atoms with Crippen molar-refractivity contribution in [2.45, 2.75) is 39.7 Å². The summed E-state index contributed by atoms with van der Waals surface area (Å²) in [6.07, 6.45) is 0.875. The predicted molar refractivity (Wildman–Crippen MR) is 75.0 cm³/mol. The zero-order chi connectivity index (χ0) is 15.3. The van der Waals surface area contributed by atoms with Crippen LogP contribution in [0.1, 0.15) is 45.2 Å². The largest absolute Gasteiger partial charge is 0.349 e. The molecule has 0 heterocycles. The van der Waals surface area contributed by atoms with E-state index in [0.717, 1.165) is 6.07 Å². The van der Waals surface area contributed by atoms with Crippen molar-refractivity contribution in [3.05, 3.63) is 35.4 Å². The standard InChI is InChI=1S/C15H22F2N2O/c1-15(2,3)14(19-13(20)5-4-8-18)11-7-6-10(16)9-12(11)17/h6-7,9,14H,4-5,8,18H2,1-3H3,(H,19,20). The Morgan fingerprint density at radius 2 is 2.00 bits per heavy atom. The van der Waals surface area contributed by atoms with Crippen LogP contribution >= 0.6 is 0 Å². The molecular formula is C15H22F2N2O. The third kappa shape index (κ3) is 4.56. The lowest BCUT2D eigenvalue weighted by Crippen LogP contribution is -2.37. The second kappa shape index (κ2) is 6.79. The molecular weight excluding hydrogens is 262 g/mol. The van der Waals surface area contributed by atoms with Crippen LogP contribution in [0.15, 0.2) is 18.2 Å². The molecule has 3 N–H and O–H groups in total. The molecule has 0 saturated heterocycles. The highest BCUT2D eigenvalue weighted by Gasteiger charge is 2.30. The van der Waals surface area contributed by atoms with Crippen LogP contribution < -0.4 is 11.1 Å². The number of carbonyl (C=O) groups excluding carboxylic acids is 1. The van der Waals surface area contributed by atoms with Gasteiger partial charge in [0.25, 0.3) is 0 Å². The van der Waals surface area contributed by atoms with Gasteiger partial charge in [0.2, 0.25) is 5.91 Å². The van der Waals surface area contributed by atoms with Crippen molar-refractivity contribution in [2.24, 2.45) is 11.1 Å². The lowest BCUT2D eigenvalue weighted by molar-refractivity contribution is -0.122. The van der Waals surface area contributed by atoms with Crippen molar-refractivity contribution in [3.8, 4) is 0 Å². The Hall–Kier alpha value is -1.49. The molecule has 0 aliphatic heterocycles. The summed E-state index contributed by atoms with van der Waals surface area (Å²) in [5.41, 5.74) is 5.26. The first-order valence-corrected chi connectivity index (χ1v) is 6.70. The van der Waals surface area contributed by atoms with E-state index in [9.17, 15) is 13.6 Å². The van der Waals surface area contributed by atoms with Crippen LogP contribution in [0.5, 0.6) is 0 Å². The molecule has 5 heteroatoms. The molecule has 0 aliphatic rings. The molecule has 1 aromatic carbocycles. The summed E-state index contributed by atoms with van der Waals surface area (Å²) in [5, 5.41) is 2.81. The van der Waals surface area contributed by atoms with Gasteiger partial charge in [0, 0.05) is 18.1 Å². The molecule has 20 heavy (non-hydrogen) atoms. The van der Waals surface area contributed by atoms with E-state index in [2.05, 4.69) is 5.32 Å². The maximum Gasteiger partial charge on any atom is 0.220 e. The van der Waals surface area contributed by atoms with Crippen molar-refractivity contribution in [2.75, 3.05) is 6.54 Å². The Morgan fingerprint density at radius 3 is 2.50 bits per heavy atom. The number of carbonyl (C=O) groups is 1. The molecule has 0 bridgehead atoms. The van der Waals surface area contributed by atoms with Crippen molar-refractivity contribution in [3.63, 3.8) is 0 Å². The zero-order valence-electron chi connectivity index (χ0n) is 12.2. The summed E-state index contributed by atoms with van der Waals surface area (Å²) in [6, 6.07) is 2.89. The molecule has 1 rings (SSSR count). The molecule has 0 spiro atoms.